The first-order chi connectivity index (χ1) is 10.1. The van der Waals surface area contributed by atoms with Gasteiger partial charge in [0.05, 0.1) is 6.04 Å². The molecule has 1 N–H and O–H groups in total. The fourth-order valence-electron chi connectivity index (χ4n) is 2.88. The van der Waals surface area contributed by atoms with Crippen LogP contribution in [0.4, 0.5) is 5.82 Å². The first kappa shape index (κ1) is 13.8. The van der Waals surface area contributed by atoms with Crippen molar-refractivity contribution in [3.8, 4) is 0 Å². The number of fused-ring (bicyclic) bond motifs is 1. The summed E-state index contributed by atoms with van der Waals surface area (Å²) in [5.74, 6) is 0.757. The molecule has 0 aliphatic carbocycles. The Bertz CT molecular complexity index is 589. The summed E-state index contributed by atoms with van der Waals surface area (Å²) in [6.07, 6.45) is 0.869. The second kappa shape index (κ2) is 5.31. The number of carbonyl (C=O) groups excluding carboxylic acids is 2. The molecule has 0 saturated carbocycles. The minimum Gasteiger partial charge on any atom is -0.353 e. The van der Waals surface area contributed by atoms with E-state index in [1.165, 1.54) is 0 Å². The molecule has 3 heterocycles. The number of piperazine rings is 2. The maximum absolute atomic E-state index is 11.8. The number of aromatic nitrogens is 2. The number of anilines is 1. The maximum atomic E-state index is 11.8. The Hall–Kier alpha value is -2.18. The summed E-state index contributed by atoms with van der Waals surface area (Å²) < 4.78 is 0. The van der Waals surface area contributed by atoms with E-state index in [1.807, 2.05) is 13.0 Å². The van der Waals surface area contributed by atoms with Crippen LogP contribution in [0.3, 0.4) is 0 Å². The fraction of sp³-hybridized carbons (Fsp3) is 0.571. The van der Waals surface area contributed by atoms with Gasteiger partial charge in [-0.2, -0.15) is 0 Å². The normalized spacial score (nSPS) is 22.1. The van der Waals surface area contributed by atoms with Crippen molar-refractivity contribution >= 4 is 17.6 Å². The Morgan fingerprint density at radius 1 is 1.33 bits per heavy atom. The Balaban J connectivity index is 1.79. The third-order valence-corrected chi connectivity index (χ3v) is 4.00. The zero-order chi connectivity index (χ0) is 15.0. The van der Waals surface area contributed by atoms with Crippen LogP contribution in [-0.2, 0) is 16.0 Å². The molecule has 21 heavy (non-hydrogen) atoms. The third kappa shape index (κ3) is 2.55. The molecule has 0 radical (unpaired) electrons. The molecule has 1 aromatic rings. The van der Waals surface area contributed by atoms with Gasteiger partial charge in [0, 0.05) is 37.9 Å². The average Bonchev–Trinajstić information content (AvgIpc) is 2.50. The van der Waals surface area contributed by atoms with Crippen molar-refractivity contribution in [3.05, 3.63) is 17.6 Å². The molecule has 0 bridgehead atoms. The Morgan fingerprint density at radius 3 is 2.90 bits per heavy atom. The summed E-state index contributed by atoms with van der Waals surface area (Å²) in [4.78, 5) is 35.9. The first-order valence-electron chi connectivity index (χ1n) is 7.26. The second-order valence-electron chi connectivity index (χ2n) is 5.43. The van der Waals surface area contributed by atoms with Crippen LogP contribution < -0.4 is 10.2 Å². The van der Waals surface area contributed by atoms with E-state index in [2.05, 4.69) is 27.1 Å². The van der Waals surface area contributed by atoms with E-state index in [1.54, 1.807) is 4.90 Å². The van der Waals surface area contributed by atoms with Gasteiger partial charge in [0.15, 0.2) is 0 Å². The number of hydrogen-bond donors (Lipinski definition) is 1. The molecule has 1 unspecified atom stereocenters. The quantitative estimate of drug-likeness (QED) is 0.742. The maximum Gasteiger partial charge on any atom is 0.312 e. The van der Waals surface area contributed by atoms with Gasteiger partial charge in [-0.05, 0) is 13.3 Å². The van der Waals surface area contributed by atoms with E-state index in [-0.39, 0.29) is 6.04 Å². The van der Waals surface area contributed by atoms with Crippen molar-refractivity contribution < 1.29 is 9.59 Å². The lowest BCUT2D eigenvalue weighted by molar-refractivity contribution is -0.150. The molecule has 1 atom stereocenters. The molecule has 2 amide bonds. The van der Waals surface area contributed by atoms with Crippen LogP contribution in [0.25, 0.3) is 0 Å². The molecule has 2 aliphatic heterocycles. The summed E-state index contributed by atoms with van der Waals surface area (Å²) in [6, 6.07) is 2.02. The highest BCUT2D eigenvalue weighted by Crippen LogP contribution is 2.19. The van der Waals surface area contributed by atoms with E-state index in [0.29, 0.717) is 26.2 Å². The molecule has 0 spiro atoms. The molecular weight excluding hydrogens is 270 g/mol. The van der Waals surface area contributed by atoms with Crippen LogP contribution in [0.2, 0.25) is 0 Å². The van der Waals surface area contributed by atoms with Gasteiger partial charge in [0.2, 0.25) is 0 Å². The largest absolute Gasteiger partial charge is 0.353 e. The molecule has 3 rings (SSSR count). The van der Waals surface area contributed by atoms with Crippen molar-refractivity contribution in [3.63, 3.8) is 0 Å². The zero-order valence-electron chi connectivity index (χ0n) is 12.3. The van der Waals surface area contributed by atoms with E-state index >= 15 is 0 Å². The van der Waals surface area contributed by atoms with Crippen molar-refractivity contribution in [2.75, 3.05) is 31.1 Å². The number of carbonyl (C=O) groups is 2. The Morgan fingerprint density at radius 2 is 2.14 bits per heavy atom. The van der Waals surface area contributed by atoms with E-state index < -0.39 is 11.8 Å². The van der Waals surface area contributed by atoms with E-state index in [0.717, 1.165) is 23.8 Å². The van der Waals surface area contributed by atoms with Crippen molar-refractivity contribution in [2.24, 2.45) is 0 Å². The van der Waals surface area contributed by atoms with Gasteiger partial charge in [0.1, 0.15) is 11.6 Å². The molecule has 112 valence electrons. The minimum atomic E-state index is -0.495. The summed E-state index contributed by atoms with van der Waals surface area (Å²) in [6.45, 7) is 6.40. The lowest BCUT2D eigenvalue weighted by atomic mass is 10.1. The van der Waals surface area contributed by atoms with Gasteiger partial charge < -0.3 is 15.1 Å². The first-order valence-corrected chi connectivity index (χ1v) is 7.26. The van der Waals surface area contributed by atoms with Gasteiger partial charge in [-0.3, -0.25) is 9.59 Å². The van der Waals surface area contributed by atoms with Crippen molar-refractivity contribution in [1.82, 2.24) is 20.2 Å². The molecule has 7 nitrogen and oxygen atoms in total. The van der Waals surface area contributed by atoms with Crippen LogP contribution in [-0.4, -0.2) is 58.9 Å². The predicted molar refractivity (Wildman–Crippen MR) is 76.9 cm³/mol. The molecule has 2 aliphatic rings. The SMILES string of the molecule is CCc1cc(N2CCN3C(=O)C(=O)NCC3C2)nc(C)n1. The lowest BCUT2D eigenvalue weighted by Crippen LogP contribution is -2.65. The van der Waals surface area contributed by atoms with Crippen LogP contribution in [0.15, 0.2) is 6.07 Å². The standard InChI is InChI=1S/C14H19N5O2/c1-3-10-6-12(17-9(2)16-10)18-4-5-19-11(8-18)7-15-13(20)14(19)21/h6,11H,3-5,7-8H2,1-2H3,(H,15,20). The van der Waals surface area contributed by atoms with Crippen LogP contribution in [0, 0.1) is 6.92 Å². The van der Waals surface area contributed by atoms with Crippen molar-refractivity contribution in [1.29, 1.82) is 0 Å². The highest BCUT2D eigenvalue weighted by atomic mass is 16.2. The second-order valence-corrected chi connectivity index (χ2v) is 5.43. The minimum absolute atomic E-state index is 0.0179. The van der Waals surface area contributed by atoms with E-state index in [9.17, 15) is 9.59 Å². The lowest BCUT2D eigenvalue weighted by Gasteiger charge is -2.43. The van der Waals surface area contributed by atoms with Crippen molar-refractivity contribution in [2.45, 2.75) is 26.3 Å². The Kier molecular flexibility index (Phi) is 3.48. The third-order valence-electron chi connectivity index (χ3n) is 4.00. The number of hydrogen-bond acceptors (Lipinski definition) is 5. The highest BCUT2D eigenvalue weighted by Gasteiger charge is 2.37. The topological polar surface area (TPSA) is 78.4 Å². The molecule has 2 saturated heterocycles. The van der Waals surface area contributed by atoms with Gasteiger partial charge >= 0.3 is 11.8 Å². The van der Waals surface area contributed by atoms with Crippen LogP contribution >= 0.6 is 0 Å². The smallest absolute Gasteiger partial charge is 0.312 e. The number of nitrogens with zero attached hydrogens (tertiary/aromatic N) is 4. The van der Waals surface area contributed by atoms with Gasteiger partial charge in [-0.1, -0.05) is 6.92 Å². The van der Waals surface area contributed by atoms with Crippen LogP contribution in [0.1, 0.15) is 18.4 Å². The van der Waals surface area contributed by atoms with E-state index in [4.69, 9.17) is 0 Å². The fourth-order valence-corrected chi connectivity index (χ4v) is 2.88. The predicted octanol–water partition coefficient (Wildman–Crippen LogP) is -0.506. The number of rotatable bonds is 2. The average molecular weight is 289 g/mol. The highest BCUT2D eigenvalue weighted by molar-refractivity contribution is 6.35. The summed E-state index contributed by atoms with van der Waals surface area (Å²) in [5, 5.41) is 2.65. The van der Waals surface area contributed by atoms with Gasteiger partial charge in [-0.15, -0.1) is 0 Å². The van der Waals surface area contributed by atoms with Gasteiger partial charge in [0.25, 0.3) is 0 Å². The zero-order valence-corrected chi connectivity index (χ0v) is 12.3. The molecule has 1 aromatic heterocycles. The van der Waals surface area contributed by atoms with Crippen LogP contribution in [0.5, 0.6) is 0 Å². The molecular formula is C14H19N5O2. The number of amides is 2. The number of aryl methyl sites for hydroxylation is 2. The summed E-state index contributed by atoms with van der Waals surface area (Å²) in [7, 11) is 0. The molecule has 2 fully saturated rings. The Labute approximate surface area is 123 Å². The summed E-state index contributed by atoms with van der Waals surface area (Å²) in [5.41, 5.74) is 1.02. The monoisotopic (exact) mass is 289 g/mol. The number of nitrogens with one attached hydrogen (secondary N) is 1. The molecule has 0 aromatic carbocycles. The summed E-state index contributed by atoms with van der Waals surface area (Å²) >= 11 is 0. The molecule has 7 heteroatoms. The van der Waals surface area contributed by atoms with Gasteiger partial charge in [-0.25, -0.2) is 9.97 Å².